The Morgan fingerprint density at radius 2 is 1.09 bits per heavy atom. The third kappa shape index (κ3) is 36.1. The van der Waals surface area contributed by atoms with Crippen molar-refractivity contribution in [1.29, 1.82) is 0 Å². The molecule has 8 nitrogen and oxygen atoms in total. The minimum atomic E-state index is -0.294. The highest BCUT2D eigenvalue weighted by molar-refractivity contribution is 5.67. The van der Waals surface area contributed by atoms with Crippen molar-refractivity contribution in [2.24, 2.45) is 10.3 Å². The number of carbonyl (C=O) groups excluding carboxylic acids is 1. The van der Waals surface area contributed by atoms with E-state index >= 15 is 0 Å². The van der Waals surface area contributed by atoms with Gasteiger partial charge in [0.05, 0.1) is 0 Å². The Morgan fingerprint density at radius 3 is 1.57 bits per heavy atom. The van der Waals surface area contributed by atoms with E-state index in [1.165, 1.54) is 51.4 Å². The Balaban J connectivity index is 4.05. The summed E-state index contributed by atoms with van der Waals surface area (Å²) < 4.78 is 5.83. The van der Waals surface area contributed by atoms with Gasteiger partial charge in [0.25, 0.3) is 0 Å². The van der Waals surface area contributed by atoms with Gasteiger partial charge in [0.2, 0.25) is 0 Å². The van der Waals surface area contributed by atoms with Crippen LogP contribution in [0.3, 0.4) is 0 Å². The van der Waals surface area contributed by atoms with Gasteiger partial charge in [-0.15, -0.1) is 0 Å². The van der Waals surface area contributed by atoms with Crippen molar-refractivity contribution in [2.45, 2.75) is 161 Å². The van der Waals surface area contributed by atoms with E-state index in [1.807, 2.05) is 31.4 Å². The summed E-state index contributed by atoms with van der Waals surface area (Å²) in [5.74, 6) is 0. The molecule has 0 aromatic heterocycles. The lowest BCUT2D eigenvalue weighted by atomic mass is 10.0. The third-order valence-electron chi connectivity index (χ3n) is 7.74. The zero-order valence-corrected chi connectivity index (χ0v) is 30.4. The zero-order chi connectivity index (χ0) is 33.6. The predicted octanol–water partition coefficient (Wildman–Crippen LogP) is 10.4. The molecule has 0 aliphatic heterocycles. The van der Waals surface area contributed by atoms with Gasteiger partial charge in [0, 0.05) is 25.5 Å². The lowest BCUT2D eigenvalue weighted by molar-refractivity contribution is 0.0838. The minimum absolute atomic E-state index is 0.0244. The molecular weight excluding hydrogens is 576 g/mol. The Labute approximate surface area is 283 Å². The molecule has 0 rings (SSSR count). The summed E-state index contributed by atoms with van der Waals surface area (Å²) in [5, 5.41) is 11.0. The van der Waals surface area contributed by atoms with E-state index in [0.717, 1.165) is 96.4 Å². The number of nitrogens with zero attached hydrogens (tertiary/aromatic N) is 3. The molecule has 268 valence electrons. The lowest BCUT2D eigenvalue weighted by Crippen LogP contribution is -2.34. The number of hydrogen-bond acceptors (Lipinski definition) is 7. The van der Waals surface area contributed by atoms with E-state index in [1.54, 1.807) is 0 Å². The summed E-state index contributed by atoms with van der Waals surface area (Å²) in [7, 11) is 3.99. The highest BCUT2D eigenvalue weighted by atomic mass is 16.6. The molecule has 0 fully saturated rings. The average molecular weight is 649 g/mol. The maximum atomic E-state index is 12.4. The van der Waals surface area contributed by atoms with Crippen LogP contribution < -0.4 is 5.32 Å². The van der Waals surface area contributed by atoms with E-state index < -0.39 is 0 Å². The van der Waals surface area contributed by atoms with Crippen molar-refractivity contribution >= 4 is 18.5 Å². The number of amides is 1. The van der Waals surface area contributed by atoms with Crippen LogP contribution in [0.25, 0.3) is 0 Å². The number of nitrogens with one attached hydrogen (secondary N) is 1. The first-order valence-corrected chi connectivity index (χ1v) is 18.8. The molecule has 0 aromatic rings. The molecule has 1 amide bonds. The van der Waals surface area contributed by atoms with Gasteiger partial charge in [-0.05, 0) is 103 Å². The summed E-state index contributed by atoms with van der Waals surface area (Å²) in [6, 6.07) is 0. The van der Waals surface area contributed by atoms with Crippen molar-refractivity contribution in [3.8, 4) is 0 Å². The van der Waals surface area contributed by atoms with E-state index in [-0.39, 0.29) is 12.2 Å². The highest BCUT2D eigenvalue weighted by Gasteiger charge is 2.14. The molecule has 0 aliphatic carbocycles. The van der Waals surface area contributed by atoms with E-state index in [4.69, 9.17) is 14.4 Å². The van der Waals surface area contributed by atoms with Crippen LogP contribution in [0.5, 0.6) is 0 Å². The van der Waals surface area contributed by atoms with Crippen molar-refractivity contribution in [2.75, 3.05) is 40.4 Å². The largest absolute Gasteiger partial charge is 0.446 e. The van der Waals surface area contributed by atoms with Crippen LogP contribution in [0.15, 0.2) is 34.6 Å². The molecule has 1 N–H and O–H groups in total. The van der Waals surface area contributed by atoms with Gasteiger partial charge in [-0.3, -0.25) is 0 Å². The van der Waals surface area contributed by atoms with Crippen molar-refractivity contribution < 1.29 is 19.2 Å². The van der Waals surface area contributed by atoms with Gasteiger partial charge in [-0.2, -0.15) is 0 Å². The first kappa shape index (κ1) is 43.6. The highest BCUT2D eigenvalue weighted by Crippen LogP contribution is 2.16. The Kier molecular flexibility index (Phi) is 35.2. The first-order valence-electron chi connectivity index (χ1n) is 18.8. The molecule has 0 saturated heterocycles. The van der Waals surface area contributed by atoms with E-state index in [9.17, 15) is 4.79 Å². The third-order valence-corrected chi connectivity index (χ3v) is 7.74. The molecule has 0 aliphatic rings. The summed E-state index contributed by atoms with van der Waals surface area (Å²) in [5.41, 5.74) is 0. The first-order chi connectivity index (χ1) is 22.6. The Hall–Kier alpha value is -2.35. The fourth-order valence-corrected chi connectivity index (χ4v) is 4.89. The monoisotopic (exact) mass is 649 g/mol. The second kappa shape index (κ2) is 37.1. The van der Waals surface area contributed by atoms with Gasteiger partial charge in [0.15, 0.2) is 0 Å². The quantitative estimate of drug-likeness (QED) is 0.0325. The Bertz CT molecular complexity index is 707. The summed E-state index contributed by atoms with van der Waals surface area (Å²) in [4.78, 5) is 25.0. The number of unbranched alkanes of at least 4 members (excludes halogenated alkanes) is 16. The molecule has 46 heavy (non-hydrogen) atoms. The molecule has 0 saturated carbocycles. The zero-order valence-electron chi connectivity index (χ0n) is 30.4. The van der Waals surface area contributed by atoms with Crippen LogP contribution in [-0.2, 0) is 14.4 Å². The van der Waals surface area contributed by atoms with Gasteiger partial charge in [0.1, 0.15) is 19.3 Å². The van der Waals surface area contributed by atoms with Crippen LogP contribution in [0.4, 0.5) is 4.79 Å². The minimum Gasteiger partial charge on any atom is -0.446 e. The fraction of sp³-hybridized carbons (Fsp3) is 0.816. The number of oxime groups is 2. The molecule has 0 radical (unpaired) electrons. The number of ether oxygens (including phenoxy) is 1. The molecule has 0 unspecified atom stereocenters. The topological polar surface area (TPSA) is 84.8 Å². The second-order valence-corrected chi connectivity index (χ2v) is 12.5. The second-order valence-electron chi connectivity index (χ2n) is 12.5. The normalized spacial score (nSPS) is 12.1. The number of allylic oxidation sites excluding steroid dienone is 2. The maximum absolute atomic E-state index is 12.4. The number of carbonyl (C=O) groups is 1. The van der Waals surface area contributed by atoms with E-state index in [0.29, 0.717) is 19.8 Å². The fourth-order valence-electron chi connectivity index (χ4n) is 4.89. The number of rotatable bonds is 34. The standard InChI is InChI=1S/C38H72N4O4/c1-5-7-9-11-13-21-27-35-44-40-31-25-19-15-17-23-29-37(46-38(43)39-33-34-42(3)4)30-24-18-16-20-26-32-41-45-36-28-22-14-12-10-8-6-2/h21-22,27-28,31-32,37H,5-20,23-26,29-30,33-36H2,1-4H3,(H,39,43)/b27-21-,28-22-,40-31+,41-32+. The average Bonchev–Trinajstić information content (AvgIpc) is 3.04. The molecule has 0 spiro atoms. The van der Waals surface area contributed by atoms with Gasteiger partial charge >= 0.3 is 6.09 Å². The molecule has 8 heteroatoms. The van der Waals surface area contributed by atoms with Gasteiger partial charge < -0.3 is 24.6 Å². The number of likely N-dealkylation sites (N-methyl/N-ethyl adjacent to an activating group) is 1. The molecular formula is C38H72N4O4. The van der Waals surface area contributed by atoms with Crippen molar-refractivity contribution in [3.63, 3.8) is 0 Å². The summed E-state index contributed by atoms with van der Waals surface area (Å²) >= 11 is 0. The molecule has 0 heterocycles. The van der Waals surface area contributed by atoms with Crippen molar-refractivity contribution in [1.82, 2.24) is 10.2 Å². The number of alkyl carbamates (subject to hydrolysis) is 1. The van der Waals surface area contributed by atoms with Gasteiger partial charge in [-0.25, -0.2) is 4.79 Å². The van der Waals surface area contributed by atoms with Gasteiger partial charge in [-0.1, -0.05) is 101 Å². The predicted molar refractivity (Wildman–Crippen MR) is 197 cm³/mol. The van der Waals surface area contributed by atoms with Crippen LogP contribution >= 0.6 is 0 Å². The van der Waals surface area contributed by atoms with Crippen LogP contribution in [0.1, 0.15) is 155 Å². The smallest absolute Gasteiger partial charge is 0.407 e. The SMILES string of the molecule is CCCCCC/C=C\CO/N=C/CCCCCCC(CCCCCC/C=N/OC/C=C\CCCCCC)OC(=O)NCCN(C)C. The van der Waals surface area contributed by atoms with Crippen LogP contribution in [0, 0.1) is 0 Å². The molecule has 0 bridgehead atoms. The maximum Gasteiger partial charge on any atom is 0.407 e. The van der Waals surface area contributed by atoms with Crippen LogP contribution in [-0.4, -0.2) is 69.9 Å². The van der Waals surface area contributed by atoms with Crippen molar-refractivity contribution in [3.05, 3.63) is 24.3 Å². The van der Waals surface area contributed by atoms with Crippen LogP contribution in [0.2, 0.25) is 0 Å². The molecule has 0 atom stereocenters. The lowest BCUT2D eigenvalue weighted by Gasteiger charge is -2.19. The Morgan fingerprint density at radius 1 is 0.630 bits per heavy atom. The van der Waals surface area contributed by atoms with E-state index in [2.05, 4.69) is 53.8 Å². The molecule has 0 aromatic carbocycles. The summed E-state index contributed by atoms with van der Waals surface area (Å²) in [6.07, 6.45) is 37.1. The summed E-state index contributed by atoms with van der Waals surface area (Å²) in [6.45, 7) is 6.97. The number of hydrogen-bond donors (Lipinski definition) is 1.